The molecule has 170 valence electrons. The molecule has 0 saturated heterocycles. The van der Waals surface area contributed by atoms with E-state index in [1.54, 1.807) is 0 Å². The minimum atomic E-state index is 1.06. The smallest absolute Gasteiger partial charge is 0.0541 e. The van der Waals surface area contributed by atoms with Gasteiger partial charge < -0.3 is 9.88 Å². The second-order valence-electron chi connectivity index (χ2n) is 9.18. The predicted octanol–water partition coefficient (Wildman–Crippen LogP) is 9.35. The van der Waals surface area contributed by atoms with Crippen molar-refractivity contribution in [2.45, 2.75) is 0 Å². The van der Waals surface area contributed by atoms with Crippen LogP contribution in [0.25, 0.3) is 49.4 Å². The number of fused-ring (bicyclic) bond motifs is 4. The van der Waals surface area contributed by atoms with Crippen molar-refractivity contribution < 1.29 is 0 Å². The monoisotopic (exact) mass is 460 g/mol. The van der Waals surface area contributed by atoms with Crippen LogP contribution >= 0.6 is 0 Å². The number of para-hydroxylation sites is 2. The van der Waals surface area contributed by atoms with E-state index in [9.17, 15) is 0 Å². The van der Waals surface area contributed by atoms with Gasteiger partial charge in [-0.15, -0.1) is 0 Å². The van der Waals surface area contributed by atoms with E-state index in [1.807, 2.05) is 0 Å². The minimum absolute atomic E-state index is 1.06. The predicted molar refractivity (Wildman–Crippen MR) is 153 cm³/mol. The Kier molecular flexibility index (Phi) is 4.82. The highest BCUT2D eigenvalue weighted by Crippen LogP contribution is 2.33. The molecule has 0 aliphatic carbocycles. The SMILES string of the molecule is c1cc(Nc2ccc(-c3ccc4ccccc4c3)cc2)cc(-n2c3ccccc3c3ccccc32)c1. The minimum Gasteiger partial charge on any atom is -0.355 e. The van der Waals surface area contributed by atoms with E-state index in [-0.39, 0.29) is 0 Å². The summed E-state index contributed by atoms with van der Waals surface area (Å²) in [5.41, 5.74) is 8.15. The summed E-state index contributed by atoms with van der Waals surface area (Å²) >= 11 is 0. The van der Waals surface area contributed by atoms with Gasteiger partial charge in [0.2, 0.25) is 0 Å². The lowest BCUT2D eigenvalue weighted by Gasteiger charge is -2.12. The van der Waals surface area contributed by atoms with Crippen molar-refractivity contribution in [3.63, 3.8) is 0 Å². The summed E-state index contributed by atoms with van der Waals surface area (Å²) in [4.78, 5) is 0. The Hall–Kier alpha value is -4.82. The molecule has 0 atom stereocenters. The van der Waals surface area contributed by atoms with E-state index in [1.165, 1.54) is 43.7 Å². The molecular formula is C34H24N2. The average molecular weight is 461 g/mol. The summed E-state index contributed by atoms with van der Waals surface area (Å²) in [7, 11) is 0. The lowest BCUT2D eigenvalue weighted by atomic mass is 10.0. The molecule has 1 heterocycles. The lowest BCUT2D eigenvalue weighted by Crippen LogP contribution is -1.96. The molecule has 6 aromatic carbocycles. The quantitative estimate of drug-likeness (QED) is 0.277. The van der Waals surface area contributed by atoms with E-state index in [0.717, 1.165) is 17.1 Å². The fourth-order valence-corrected chi connectivity index (χ4v) is 5.21. The zero-order valence-electron chi connectivity index (χ0n) is 19.7. The van der Waals surface area contributed by atoms with Crippen LogP contribution in [0.15, 0.2) is 140 Å². The summed E-state index contributed by atoms with van der Waals surface area (Å²) in [6.07, 6.45) is 0. The summed E-state index contributed by atoms with van der Waals surface area (Å²) in [6.45, 7) is 0. The van der Waals surface area contributed by atoms with E-state index < -0.39 is 0 Å². The topological polar surface area (TPSA) is 17.0 Å². The largest absolute Gasteiger partial charge is 0.355 e. The van der Waals surface area contributed by atoms with Gasteiger partial charge in [0.25, 0.3) is 0 Å². The molecule has 2 heteroatoms. The highest BCUT2D eigenvalue weighted by molar-refractivity contribution is 6.09. The third-order valence-corrected chi connectivity index (χ3v) is 6.94. The number of hydrogen-bond acceptors (Lipinski definition) is 1. The summed E-state index contributed by atoms with van der Waals surface area (Å²) < 4.78 is 2.35. The van der Waals surface area contributed by atoms with Crippen molar-refractivity contribution in [3.05, 3.63) is 140 Å². The Labute approximate surface area is 210 Å². The fraction of sp³-hybridized carbons (Fsp3) is 0. The molecule has 0 amide bonds. The van der Waals surface area contributed by atoms with E-state index in [2.05, 4.69) is 149 Å². The Bertz CT molecular complexity index is 1810. The van der Waals surface area contributed by atoms with Crippen molar-refractivity contribution in [2.24, 2.45) is 0 Å². The fourth-order valence-electron chi connectivity index (χ4n) is 5.21. The molecule has 0 saturated carbocycles. The maximum Gasteiger partial charge on any atom is 0.0541 e. The molecule has 0 fully saturated rings. The zero-order chi connectivity index (χ0) is 23.9. The molecule has 0 radical (unpaired) electrons. The van der Waals surface area contributed by atoms with Crippen LogP contribution in [0.4, 0.5) is 11.4 Å². The highest BCUT2D eigenvalue weighted by atomic mass is 15.0. The van der Waals surface area contributed by atoms with Crippen LogP contribution in [-0.4, -0.2) is 4.57 Å². The third kappa shape index (κ3) is 3.52. The molecule has 0 aliphatic heterocycles. The Morgan fingerprint density at radius 2 is 1.06 bits per heavy atom. The van der Waals surface area contributed by atoms with Crippen molar-refractivity contribution in [2.75, 3.05) is 5.32 Å². The maximum atomic E-state index is 3.60. The first-order chi connectivity index (χ1) is 17.8. The zero-order valence-corrected chi connectivity index (χ0v) is 19.7. The van der Waals surface area contributed by atoms with Crippen LogP contribution in [-0.2, 0) is 0 Å². The van der Waals surface area contributed by atoms with Gasteiger partial charge in [0, 0.05) is 27.8 Å². The van der Waals surface area contributed by atoms with Crippen molar-refractivity contribution in [1.29, 1.82) is 0 Å². The number of nitrogens with zero attached hydrogens (tertiary/aromatic N) is 1. The van der Waals surface area contributed by atoms with Gasteiger partial charge in [0.05, 0.1) is 11.0 Å². The molecule has 1 aromatic heterocycles. The van der Waals surface area contributed by atoms with Crippen LogP contribution in [0.2, 0.25) is 0 Å². The molecule has 0 bridgehead atoms. The molecule has 7 rings (SSSR count). The Morgan fingerprint density at radius 3 is 1.81 bits per heavy atom. The van der Waals surface area contributed by atoms with E-state index >= 15 is 0 Å². The molecular weight excluding hydrogens is 436 g/mol. The number of hydrogen-bond donors (Lipinski definition) is 1. The average Bonchev–Trinajstić information content (AvgIpc) is 3.28. The van der Waals surface area contributed by atoms with Crippen LogP contribution < -0.4 is 5.32 Å². The number of anilines is 2. The van der Waals surface area contributed by atoms with Crippen molar-refractivity contribution in [3.8, 4) is 16.8 Å². The molecule has 0 unspecified atom stereocenters. The van der Waals surface area contributed by atoms with Gasteiger partial charge in [-0.2, -0.15) is 0 Å². The van der Waals surface area contributed by atoms with Gasteiger partial charge in [-0.25, -0.2) is 0 Å². The van der Waals surface area contributed by atoms with Gasteiger partial charge in [0.15, 0.2) is 0 Å². The molecule has 36 heavy (non-hydrogen) atoms. The molecule has 0 spiro atoms. The maximum absolute atomic E-state index is 3.60. The van der Waals surface area contributed by atoms with Gasteiger partial charge in [0.1, 0.15) is 0 Å². The van der Waals surface area contributed by atoms with Crippen molar-refractivity contribution >= 4 is 44.0 Å². The number of nitrogens with one attached hydrogen (secondary N) is 1. The summed E-state index contributed by atoms with van der Waals surface area (Å²) in [5.74, 6) is 0. The number of aromatic nitrogens is 1. The molecule has 1 N–H and O–H groups in total. The molecule has 2 nitrogen and oxygen atoms in total. The van der Waals surface area contributed by atoms with Crippen LogP contribution in [0, 0.1) is 0 Å². The summed E-state index contributed by atoms with van der Waals surface area (Å²) in [5, 5.41) is 8.67. The van der Waals surface area contributed by atoms with Gasteiger partial charge in [-0.1, -0.05) is 91.0 Å². The first-order valence-electron chi connectivity index (χ1n) is 12.3. The lowest BCUT2D eigenvalue weighted by molar-refractivity contribution is 1.18. The third-order valence-electron chi connectivity index (χ3n) is 6.94. The molecule has 7 aromatic rings. The Balaban J connectivity index is 1.21. The van der Waals surface area contributed by atoms with Crippen LogP contribution in [0.5, 0.6) is 0 Å². The second-order valence-corrected chi connectivity index (χ2v) is 9.18. The second kappa shape index (κ2) is 8.44. The Morgan fingerprint density at radius 1 is 0.417 bits per heavy atom. The summed E-state index contributed by atoms with van der Waals surface area (Å²) in [6, 6.07) is 49.7. The van der Waals surface area contributed by atoms with Gasteiger partial charge in [-0.05, 0) is 70.4 Å². The van der Waals surface area contributed by atoms with Gasteiger partial charge >= 0.3 is 0 Å². The number of benzene rings is 6. The van der Waals surface area contributed by atoms with Crippen molar-refractivity contribution in [1.82, 2.24) is 4.57 Å². The normalized spacial score (nSPS) is 11.3. The van der Waals surface area contributed by atoms with Gasteiger partial charge in [-0.3, -0.25) is 0 Å². The van der Waals surface area contributed by atoms with Crippen LogP contribution in [0.3, 0.4) is 0 Å². The van der Waals surface area contributed by atoms with Crippen LogP contribution in [0.1, 0.15) is 0 Å². The first-order valence-corrected chi connectivity index (χ1v) is 12.3. The highest BCUT2D eigenvalue weighted by Gasteiger charge is 2.11. The van der Waals surface area contributed by atoms with E-state index in [0.29, 0.717) is 0 Å². The molecule has 0 aliphatic rings. The number of rotatable bonds is 4. The first kappa shape index (κ1) is 20.5. The standard InChI is InChI=1S/C34H24N2/c1-2-9-26-22-27(17-16-24(26)8-1)25-18-20-28(21-19-25)35-29-10-7-11-30(23-29)36-33-14-5-3-12-31(33)32-13-4-6-15-34(32)36/h1-23,35H. The van der Waals surface area contributed by atoms with E-state index in [4.69, 9.17) is 0 Å².